The Morgan fingerprint density at radius 1 is 1.18 bits per heavy atom. The monoisotopic (exact) mass is 288 g/mol. The van der Waals surface area contributed by atoms with Crippen LogP contribution in [-0.2, 0) is 5.75 Å². The summed E-state index contributed by atoms with van der Waals surface area (Å²) in [7, 11) is 0. The fraction of sp³-hybridized carbons (Fsp3) is 0.0909. The van der Waals surface area contributed by atoms with Gasteiger partial charge in [0.2, 0.25) is 5.28 Å². The molecule has 0 radical (unpaired) electrons. The summed E-state index contributed by atoms with van der Waals surface area (Å²) in [4.78, 5) is 7.38. The second kappa shape index (κ2) is 5.67. The molecule has 6 heteroatoms. The van der Waals surface area contributed by atoms with Gasteiger partial charge in [0.1, 0.15) is 5.03 Å². The lowest BCUT2D eigenvalue weighted by molar-refractivity contribution is 0.579. The summed E-state index contributed by atoms with van der Waals surface area (Å²) in [6, 6.07) is 7.35. The van der Waals surface area contributed by atoms with Crippen LogP contribution < -0.4 is 0 Å². The third-order valence-electron chi connectivity index (χ3n) is 1.97. The topological polar surface area (TPSA) is 25.8 Å². The fourth-order valence-electron chi connectivity index (χ4n) is 1.16. The predicted molar refractivity (Wildman–Crippen MR) is 68.0 cm³/mol. The SMILES string of the molecule is Fc1cnc(Cl)nc1SCc1ccc(Cl)cc1. The molecule has 1 aromatic carbocycles. The minimum atomic E-state index is -0.464. The summed E-state index contributed by atoms with van der Waals surface area (Å²) >= 11 is 12.6. The fourth-order valence-corrected chi connectivity index (χ4v) is 2.31. The highest BCUT2D eigenvalue weighted by atomic mass is 35.5. The van der Waals surface area contributed by atoms with E-state index in [2.05, 4.69) is 9.97 Å². The summed E-state index contributed by atoms with van der Waals surface area (Å²) in [5.74, 6) is 0.134. The lowest BCUT2D eigenvalue weighted by Gasteiger charge is -2.02. The Hall–Kier alpha value is -0.840. The Morgan fingerprint density at radius 3 is 2.59 bits per heavy atom. The molecule has 0 spiro atoms. The minimum Gasteiger partial charge on any atom is -0.223 e. The number of nitrogens with zero attached hydrogens (tertiary/aromatic N) is 2. The summed E-state index contributed by atoms with van der Waals surface area (Å²) in [5, 5.41) is 0.972. The highest BCUT2D eigenvalue weighted by Crippen LogP contribution is 2.24. The molecule has 0 amide bonds. The van der Waals surface area contributed by atoms with Crippen LogP contribution in [0.4, 0.5) is 4.39 Å². The first kappa shape index (κ1) is 12.6. The van der Waals surface area contributed by atoms with Crippen LogP contribution in [0.2, 0.25) is 10.3 Å². The number of hydrogen-bond acceptors (Lipinski definition) is 3. The molecule has 0 aliphatic rings. The van der Waals surface area contributed by atoms with Crippen molar-refractivity contribution in [3.63, 3.8) is 0 Å². The highest BCUT2D eigenvalue weighted by molar-refractivity contribution is 7.98. The highest BCUT2D eigenvalue weighted by Gasteiger charge is 2.06. The van der Waals surface area contributed by atoms with Gasteiger partial charge in [0.15, 0.2) is 5.82 Å². The maximum Gasteiger partial charge on any atom is 0.223 e. The van der Waals surface area contributed by atoms with E-state index in [-0.39, 0.29) is 10.3 Å². The molecule has 2 rings (SSSR count). The number of benzene rings is 1. The molecular formula is C11H7Cl2FN2S. The maximum absolute atomic E-state index is 13.3. The van der Waals surface area contributed by atoms with Crippen molar-refractivity contribution in [2.45, 2.75) is 10.8 Å². The third-order valence-corrected chi connectivity index (χ3v) is 3.44. The molecule has 88 valence electrons. The van der Waals surface area contributed by atoms with E-state index in [9.17, 15) is 4.39 Å². The Labute approximate surface area is 112 Å². The average Bonchev–Trinajstić information content (AvgIpc) is 2.32. The van der Waals surface area contributed by atoms with E-state index in [0.717, 1.165) is 11.8 Å². The molecule has 0 saturated heterocycles. The van der Waals surface area contributed by atoms with Crippen LogP contribution in [0.5, 0.6) is 0 Å². The van der Waals surface area contributed by atoms with Crippen molar-refractivity contribution in [2.24, 2.45) is 0 Å². The molecule has 2 nitrogen and oxygen atoms in total. The van der Waals surface area contributed by atoms with Gasteiger partial charge < -0.3 is 0 Å². The van der Waals surface area contributed by atoms with Gasteiger partial charge in [0.05, 0.1) is 6.20 Å². The molecule has 0 atom stereocenters. The summed E-state index contributed by atoms with van der Waals surface area (Å²) in [5.41, 5.74) is 1.04. The second-order valence-corrected chi connectivity index (χ2v) is 4.95. The van der Waals surface area contributed by atoms with Gasteiger partial charge in [-0.3, -0.25) is 0 Å². The first-order chi connectivity index (χ1) is 8.15. The largest absolute Gasteiger partial charge is 0.223 e. The molecule has 1 heterocycles. The van der Waals surface area contributed by atoms with Gasteiger partial charge in [-0.2, -0.15) is 0 Å². The van der Waals surface area contributed by atoms with Gasteiger partial charge >= 0.3 is 0 Å². The second-order valence-electron chi connectivity index (χ2n) is 3.21. The van der Waals surface area contributed by atoms with E-state index >= 15 is 0 Å². The lowest BCUT2D eigenvalue weighted by atomic mass is 10.2. The number of aromatic nitrogens is 2. The van der Waals surface area contributed by atoms with Crippen molar-refractivity contribution in [1.29, 1.82) is 0 Å². The van der Waals surface area contributed by atoms with E-state index in [4.69, 9.17) is 23.2 Å². The van der Waals surface area contributed by atoms with E-state index in [1.807, 2.05) is 12.1 Å². The van der Waals surface area contributed by atoms with Crippen LogP contribution in [-0.4, -0.2) is 9.97 Å². The van der Waals surface area contributed by atoms with Crippen molar-refractivity contribution in [2.75, 3.05) is 0 Å². The molecule has 2 aromatic rings. The maximum atomic E-state index is 13.3. The summed E-state index contributed by atoms with van der Waals surface area (Å²) in [6.45, 7) is 0. The van der Waals surface area contributed by atoms with E-state index < -0.39 is 5.82 Å². The summed E-state index contributed by atoms with van der Waals surface area (Å²) in [6.07, 6.45) is 1.07. The van der Waals surface area contributed by atoms with E-state index in [1.54, 1.807) is 12.1 Å². The minimum absolute atomic E-state index is 0.0463. The normalized spacial score (nSPS) is 10.5. The number of halogens is 3. The van der Waals surface area contributed by atoms with Gasteiger partial charge in [-0.05, 0) is 29.3 Å². The molecule has 0 aliphatic carbocycles. The Morgan fingerprint density at radius 2 is 1.88 bits per heavy atom. The van der Waals surface area contributed by atoms with Gasteiger partial charge in [-0.25, -0.2) is 14.4 Å². The van der Waals surface area contributed by atoms with Crippen molar-refractivity contribution in [1.82, 2.24) is 9.97 Å². The van der Waals surface area contributed by atoms with Gasteiger partial charge in [0, 0.05) is 10.8 Å². The van der Waals surface area contributed by atoms with Gasteiger partial charge in [-0.1, -0.05) is 35.5 Å². The standard InChI is InChI=1S/C11H7Cl2FN2S/c12-8-3-1-7(2-4-8)6-17-10-9(14)5-15-11(13)16-10/h1-5H,6H2. The van der Waals surface area contributed by atoms with Crippen LogP contribution in [0.15, 0.2) is 35.5 Å². The molecular weight excluding hydrogens is 282 g/mol. The molecule has 17 heavy (non-hydrogen) atoms. The van der Waals surface area contributed by atoms with Gasteiger partial charge in [-0.15, -0.1) is 0 Å². The summed E-state index contributed by atoms with van der Waals surface area (Å²) < 4.78 is 13.3. The van der Waals surface area contributed by atoms with Crippen molar-refractivity contribution in [3.05, 3.63) is 52.1 Å². The van der Waals surface area contributed by atoms with Crippen LogP contribution in [0.25, 0.3) is 0 Å². The van der Waals surface area contributed by atoms with Crippen LogP contribution in [0.1, 0.15) is 5.56 Å². The Bertz CT molecular complexity index is 519. The van der Waals surface area contributed by atoms with Crippen LogP contribution in [0, 0.1) is 5.82 Å². The van der Waals surface area contributed by atoms with E-state index in [1.165, 1.54) is 11.8 Å². The molecule has 0 saturated carbocycles. The molecule has 0 N–H and O–H groups in total. The van der Waals surface area contributed by atoms with Crippen molar-refractivity contribution in [3.8, 4) is 0 Å². The predicted octanol–water partition coefficient (Wildman–Crippen LogP) is 4.21. The van der Waals surface area contributed by atoms with Gasteiger partial charge in [0.25, 0.3) is 0 Å². The zero-order valence-corrected chi connectivity index (χ0v) is 10.9. The molecule has 0 aliphatic heterocycles. The molecule has 0 bridgehead atoms. The third kappa shape index (κ3) is 3.56. The first-order valence-electron chi connectivity index (χ1n) is 4.70. The van der Waals surface area contributed by atoms with E-state index in [0.29, 0.717) is 10.8 Å². The smallest absolute Gasteiger partial charge is 0.223 e. The quantitative estimate of drug-likeness (QED) is 0.481. The number of hydrogen-bond donors (Lipinski definition) is 0. The lowest BCUT2D eigenvalue weighted by Crippen LogP contribution is -1.91. The number of rotatable bonds is 3. The molecule has 0 unspecified atom stereocenters. The Kier molecular flexibility index (Phi) is 4.20. The zero-order valence-electron chi connectivity index (χ0n) is 8.53. The average molecular weight is 289 g/mol. The van der Waals surface area contributed by atoms with Crippen molar-refractivity contribution >= 4 is 35.0 Å². The van der Waals surface area contributed by atoms with Crippen LogP contribution >= 0.6 is 35.0 Å². The Balaban J connectivity index is 2.07. The number of thioether (sulfide) groups is 1. The van der Waals surface area contributed by atoms with Crippen LogP contribution in [0.3, 0.4) is 0 Å². The first-order valence-corrected chi connectivity index (χ1v) is 6.44. The molecule has 0 fully saturated rings. The van der Waals surface area contributed by atoms with Crippen molar-refractivity contribution < 1.29 is 4.39 Å². The zero-order chi connectivity index (χ0) is 12.3. The molecule has 1 aromatic heterocycles.